The van der Waals surface area contributed by atoms with E-state index in [4.69, 9.17) is 4.74 Å². The Morgan fingerprint density at radius 2 is 1.93 bits per heavy atom. The molecule has 1 aromatic carbocycles. The average molecular weight is 388 g/mol. The monoisotopic (exact) mass is 387 g/mol. The standard InChI is InChI=1S/C22H33N3O3/c1-4-28-18-11-9-16(10-12-18)22(2,3)24-20(26)15-19-21(27)23-13-14-25(19)17-7-5-6-8-17/h9-12,17,19H,4-8,13-15H2,1-3H3,(H,23,27)(H,24,26)/t19-/m0/s1. The topological polar surface area (TPSA) is 70.7 Å². The Morgan fingerprint density at radius 3 is 2.57 bits per heavy atom. The van der Waals surface area contributed by atoms with Gasteiger partial charge in [0, 0.05) is 19.1 Å². The third-order valence-electron chi connectivity index (χ3n) is 5.88. The van der Waals surface area contributed by atoms with Crippen LogP contribution < -0.4 is 15.4 Å². The Labute approximate surface area is 168 Å². The molecule has 1 atom stereocenters. The lowest BCUT2D eigenvalue weighted by Crippen LogP contribution is -2.59. The molecule has 0 bridgehead atoms. The lowest BCUT2D eigenvalue weighted by molar-refractivity contribution is -0.135. The molecule has 6 heteroatoms. The summed E-state index contributed by atoms with van der Waals surface area (Å²) in [5.41, 5.74) is 0.482. The van der Waals surface area contributed by atoms with Gasteiger partial charge in [-0.05, 0) is 51.3 Å². The molecule has 6 nitrogen and oxygen atoms in total. The van der Waals surface area contributed by atoms with Gasteiger partial charge in [-0.3, -0.25) is 14.5 Å². The molecule has 3 rings (SSSR count). The summed E-state index contributed by atoms with van der Waals surface area (Å²) in [4.78, 5) is 27.6. The Morgan fingerprint density at radius 1 is 1.25 bits per heavy atom. The van der Waals surface area contributed by atoms with E-state index in [1.54, 1.807) is 0 Å². The van der Waals surface area contributed by atoms with E-state index in [2.05, 4.69) is 15.5 Å². The van der Waals surface area contributed by atoms with E-state index in [9.17, 15) is 9.59 Å². The summed E-state index contributed by atoms with van der Waals surface area (Å²) < 4.78 is 5.49. The van der Waals surface area contributed by atoms with E-state index in [1.807, 2.05) is 45.0 Å². The van der Waals surface area contributed by atoms with Crippen molar-refractivity contribution < 1.29 is 14.3 Å². The molecule has 2 fully saturated rings. The van der Waals surface area contributed by atoms with Crippen LogP contribution in [-0.2, 0) is 15.1 Å². The molecule has 1 aliphatic heterocycles. The summed E-state index contributed by atoms with van der Waals surface area (Å²) in [6.45, 7) is 8.04. The van der Waals surface area contributed by atoms with Crippen LogP contribution in [0.4, 0.5) is 0 Å². The fourth-order valence-corrected chi connectivity index (χ4v) is 4.40. The highest BCUT2D eigenvalue weighted by molar-refractivity contribution is 5.89. The Kier molecular flexibility index (Phi) is 6.60. The molecular formula is C22H33N3O3. The largest absolute Gasteiger partial charge is 0.494 e. The molecule has 0 radical (unpaired) electrons. The molecule has 1 saturated carbocycles. The van der Waals surface area contributed by atoms with Crippen molar-refractivity contribution in [3.05, 3.63) is 29.8 Å². The molecule has 1 heterocycles. The number of carbonyl (C=O) groups is 2. The zero-order valence-corrected chi connectivity index (χ0v) is 17.3. The Bertz CT molecular complexity index is 681. The molecule has 1 aromatic rings. The van der Waals surface area contributed by atoms with E-state index in [0.717, 1.165) is 30.7 Å². The number of amides is 2. The summed E-state index contributed by atoms with van der Waals surface area (Å²) in [5, 5.41) is 6.05. The van der Waals surface area contributed by atoms with Crippen LogP contribution in [0.5, 0.6) is 5.75 Å². The van der Waals surface area contributed by atoms with E-state index in [1.165, 1.54) is 12.8 Å². The van der Waals surface area contributed by atoms with Gasteiger partial charge in [0.25, 0.3) is 0 Å². The summed E-state index contributed by atoms with van der Waals surface area (Å²) in [6, 6.07) is 7.86. The summed E-state index contributed by atoms with van der Waals surface area (Å²) in [5.74, 6) is 0.704. The van der Waals surface area contributed by atoms with Crippen molar-refractivity contribution in [2.45, 2.75) is 70.5 Å². The number of hydrogen-bond acceptors (Lipinski definition) is 4. The molecule has 1 aliphatic carbocycles. The first-order valence-corrected chi connectivity index (χ1v) is 10.5. The number of carbonyl (C=O) groups excluding carboxylic acids is 2. The predicted octanol–water partition coefficient (Wildman–Crippen LogP) is 2.57. The van der Waals surface area contributed by atoms with Crippen molar-refractivity contribution >= 4 is 11.8 Å². The minimum atomic E-state index is -0.523. The fourth-order valence-electron chi connectivity index (χ4n) is 4.40. The number of benzene rings is 1. The van der Waals surface area contributed by atoms with Crippen LogP contribution in [-0.4, -0.2) is 48.5 Å². The van der Waals surface area contributed by atoms with Crippen LogP contribution in [0.1, 0.15) is 58.4 Å². The maximum Gasteiger partial charge on any atom is 0.237 e. The Hall–Kier alpha value is -2.08. The van der Waals surface area contributed by atoms with Gasteiger partial charge in [0.2, 0.25) is 11.8 Å². The van der Waals surface area contributed by atoms with E-state index < -0.39 is 5.54 Å². The first-order chi connectivity index (χ1) is 13.4. The van der Waals surface area contributed by atoms with Crippen LogP contribution in [0.25, 0.3) is 0 Å². The normalized spacial score (nSPS) is 21.4. The second kappa shape index (κ2) is 8.95. The maximum absolute atomic E-state index is 12.8. The predicted molar refractivity (Wildman–Crippen MR) is 109 cm³/mol. The average Bonchev–Trinajstić information content (AvgIpc) is 3.18. The number of hydrogen-bond donors (Lipinski definition) is 2. The highest BCUT2D eigenvalue weighted by Gasteiger charge is 2.37. The highest BCUT2D eigenvalue weighted by atomic mass is 16.5. The number of piperazine rings is 1. The molecule has 0 unspecified atom stereocenters. The SMILES string of the molecule is CCOc1ccc(C(C)(C)NC(=O)C[C@H]2C(=O)NCCN2C2CCCC2)cc1. The van der Waals surface area contributed by atoms with Crippen LogP contribution in [0.2, 0.25) is 0 Å². The second-order valence-electron chi connectivity index (χ2n) is 8.32. The van der Waals surface area contributed by atoms with Gasteiger partial charge in [0.1, 0.15) is 5.75 Å². The molecule has 2 N–H and O–H groups in total. The molecule has 2 amide bonds. The molecule has 0 spiro atoms. The molecule has 28 heavy (non-hydrogen) atoms. The first-order valence-electron chi connectivity index (χ1n) is 10.5. The number of nitrogens with one attached hydrogen (secondary N) is 2. The summed E-state index contributed by atoms with van der Waals surface area (Å²) in [7, 11) is 0. The van der Waals surface area contributed by atoms with Gasteiger partial charge in [0.15, 0.2) is 0 Å². The van der Waals surface area contributed by atoms with Crippen LogP contribution in [0, 0.1) is 0 Å². The van der Waals surface area contributed by atoms with Crippen LogP contribution in [0.3, 0.4) is 0 Å². The van der Waals surface area contributed by atoms with Crippen molar-refractivity contribution in [3.63, 3.8) is 0 Å². The van der Waals surface area contributed by atoms with E-state index in [-0.39, 0.29) is 24.3 Å². The quantitative estimate of drug-likeness (QED) is 0.754. The number of rotatable bonds is 7. The van der Waals surface area contributed by atoms with E-state index >= 15 is 0 Å². The second-order valence-corrected chi connectivity index (χ2v) is 8.32. The maximum atomic E-state index is 12.8. The van der Waals surface area contributed by atoms with Crippen molar-refractivity contribution in [2.75, 3.05) is 19.7 Å². The third kappa shape index (κ3) is 4.85. The van der Waals surface area contributed by atoms with Gasteiger partial charge < -0.3 is 15.4 Å². The summed E-state index contributed by atoms with van der Waals surface area (Å²) >= 11 is 0. The van der Waals surface area contributed by atoms with Gasteiger partial charge in [-0.2, -0.15) is 0 Å². The zero-order valence-electron chi connectivity index (χ0n) is 17.3. The van der Waals surface area contributed by atoms with Crippen molar-refractivity contribution in [1.82, 2.24) is 15.5 Å². The van der Waals surface area contributed by atoms with Gasteiger partial charge in [-0.15, -0.1) is 0 Å². The third-order valence-corrected chi connectivity index (χ3v) is 5.88. The lowest BCUT2D eigenvalue weighted by atomic mass is 9.93. The van der Waals surface area contributed by atoms with Crippen molar-refractivity contribution in [3.8, 4) is 5.75 Å². The van der Waals surface area contributed by atoms with Gasteiger partial charge >= 0.3 is 0 Å². The molecule has 0 aromatic heterocycles. The zero-order chi connectivity index (χ0) is 20.1. The van der Waals surface area contributed by atoms with Crippen LogP contribution in [0.15, 0.2) is 24.3 Å². The lowest BCUT2D eigenvalue weighted by Gasteiger charge is -2.39. The first kappa shape index (κ1) is 20.6. The number of ether oxygens (including phenoxy) is 1. The van der Waals surface area contributed by atoms with Crippen LogP contribution >= 0.6 is 0 Å². The van der Waals surface area contributed by atoms with Gasteiger partial charge in [0.05, 0.1) is 24.6 Å². The fraction of sp³-hybridized carbons (Fsp3) is 0.636. The van der Waals surface area contributed by atoms with Crippen molar-refractivity contribution in [1.29, 1.82) is 0 Å². The smallest absolute Gasteiger partial charge is 0.237 e. The molecule has 2 aliphatic rings. The van der Waals surface area contributed by atoms with E-state index in [0.29, 0.717) is 19.2 Å². The minimum Gasteiger partial charge on any atom is -0.494 e. The summed E-state index contributed by atoms with van der Waals surface area (Å²) in [6.07, 6.45) is 4.88. The van der Waals surface area contributed by atoms with Crippen molar-refractivity contribution in [2.24, 2.45) is 0 Å². The minimum absolute atomic E-state index is 0.0211. The van der Waals surface area contributed by atoms with Gasteiger partial charge in [-0.25, -0.2) is 0 Å². The number of nitrogens with zero attached hydrogens (tertiary/aromatic N) is 1. The molecular weight excluding hydrogens is 354 g/mol. The van der Waals surface area contributed by atoms with Gasteiger partial charge in [-0.1, -0.05) is 25.0 Å². The Balaban J connectivity index is 1.64. The molecule has 1 saturated heterocycles. The highest BCUT2D eigenvalue weighted by Crippen LogP contribution is 2.28. The molecule has 154 valence electrons.